The summed E-state index contributed by atoms with van der Waals surface area (Å²) < 4.78 is 6.66. The second-order valence-electron chi connectivity index (χ2n) is 16.0. The first-order valence-electron chi connectivity index (χ1n) is 19.6. The van der Waals surface area contributed by atoms with Gasteiger partial charge >= 0.3 is 0 Å². The van der Waals surface area contributed by atoms with Crippen LogP contribution in [0.5, 0.6) is 0 Å². The number of furan rings is 1. The minimum absolute atomic E-state index is 0.194. The molecule has 0 aliphatic heterocycles. The summed E-state index contributed by atoms with van der Waals surface area (Å²) in [5, 5.41) is 12.3. The maximum absolute atomic E-state index is 6.66. The number of hydrogen-bond donors (Lipinski definition) is 0. The second-order valence-corrected chi connectivity index (χ2v) is 16.0. The summed E-state index contributed by atoms with van der Waals surface area (Å²) in [6.45, 7) is 4.77. The van der Waals surface area contributed by atoms with Crippen LogP contribution in [0, 0.1) is 0 Å². The van der Waals surface area contributed by atoms with Crippen molar-refractivity contribution in [3.8, 4) is 44.5 Å². The molecule has 0 spiro atoms. The van der Waals surface area contributed by atoms with E-state index in [1.807, 2.05) is 0 Å². The highest BCUT2D eigenvalue weighted by Crippen LogP contribution is 2.54. The van der Waals surface area contributed by atoms with Crippen LogP contribution in [0.2, 0.25) is 0 Å². The summed E-state index contributed by atoms with van der Waals surface area (Å²) in [5.41, 5.74) is 14.5. The van der Waals surface area contributed by atoms with Gasteiger partial charge in [-0.15, -0.1) is 0 Å². The molecule has 1 aromatic heterocycles. The van der Waals surface area contributed by atoms with Gasteiger partial charge in [0.05, 0.1) is 0 Å². The number of benzene rings is 10. The third-order valence-electron chi connectivity index (χ3n) is 12.6. The van der Waals surface area contributed by atoms with Gasteiger partial charge in [-0.05, 0) is 124 Å². The van der Waals surface area contributed by atoms with Crippen molar-refractivity contribution in [3.05, 3.63) is 193 Å². The molecule has 0 atom stereocenters. The molecule has 1 nitrogen and oxygen atoms in total. The van der Waals surface area contributed by atoms with Crippen LogP contribution in [0.15, 0.2) is 186 Å². The Hall–Kier alpha value is -6.96. The van der Waals surface area contributed by atoms with Gasteiger partial charge in [0.1, 0.15) is 11.2 Å². The van der Waals surface area contributed by atoms with Gasteiger partial charge < -0.3 is 4.42 Å². The highest BCUT2D eigenvalue weighted by molar-refractivity contribution is 6.23. The molecule has 56 heavy (non-hydrogen) atoms. The lowest BCUT2D eigenvalue weighted by Crippen LogP contribution is -2.15. The van der Waals surface area contributed by atoms with Gasteiger partial charge in [0.25, 0.3) is 0 Å². The van der Waals surface area contributed by atoms with Gasteiger partial charge in [-0.1, -0.05) is 166 Å². The van der Waals surface area contributed by atoms with Crippen molar-refractivity contribution in [1.29, 1.82) is 0 Å². The highest BCUT2D eigenvalue weighted by Gasteiger charge is 2.37. The normalized spacial score (nSPS) is 13.3. The fourth-order valence-corrected chi connectivity index (χ4v) is 9.93. The predicted octanol–water partition coefficient (Wildman–Crippen LogP) is 15.5. The van der Waals surface area contributed by atoms with Gasteiger partial charge in [0.15, 0.2) is 0 Å². The summed E-state index contributed by atoms with van der Waals surface area (Å²) in [5.74, 6) is 0. The van der Waals surface area contributed by atoms with Crippen LogP contribution in [-0.2, 0) is 5.41 Å². The standard InChI is InChI=1S/C55H36O/c1-55(2)47-29-26-34-24-27-45-40-14-10-11-19-49(40)56-54(45)52(34)53(47)46-28-25-39(32-48(46)55)51-43-17-8-6-15-41(43)50(42-16-7-9-18-44(42)51)38-23-22-36-30-35(20-21-37(36)31-38)33-12-4-3-5-13-33/h3-32H,1-2H3. The Bertz CT molecular complexity index is 3380. The van der Waals surface area contributed by atoms with Gasteiger partial charge in [-0.2, -0.15) is 0 Å². The lowest BCUT2D eigenvalue weighted by atomic mass is 9.80. The SMILES string of the molecule is CC1(C)c2cc(-c3c4ccccc4c(-c4ccc5cc(-c6ccccc6)ccc5c4)c4ccccc34)ccc2-c2c1ccc1ccc3c4ccccc4oc3c21. The molecule has 0 saturated carbocycles. The van der Waals surface area contributed by atoms with Crippen molar-refractivity contribution in [3.63, 3.8) is 0 Å². The fourth-order valence-electron chi connectivity index (χ4n) is 9.93. The quantitative estimate of drug-likeness (QED) is 0.166. The summed E-state index contributed by atoms with van der Waals surface area (Å²) in [6.07, 6.45) is 0. The monoisotopic (exact) mass is 712 g/mol. The molecular weight excluding hydrogens is 677 g/mol. The fraction of sp³-hybridized carbons (Fsp3) is 0.0545. The van der Waals surface area contributed by atoms with Crippen LogP contribution in [0.1, 0.15) is 25.0 Å². The maximum Gasteiger partial charge on any atom is 0.143 e. The molecule has 0 N–H and O–H groups in total. The van der Waals surface area contributed by atoms with Gasteiger partial charge in [0.2, 0.25) is 0 Å². The topological polar surface area (TPSA) is 13.1 Å². The summed E-state index contributed by atoms with van der Waals surface area (Å²) in [7, 11) is 0. The Morgan fingerprint density at radius 1 is 0.357 bits per heavy atom. The number of rotatable bonds is 3. The molecule has 0 amide bonds. The lowest BCUT2D eigenvalue weighted by molar-refractivity contribution is 0.660. The van der Waals surface area contributed by atoms with E-state index >= 15 is 0 Å². The molecular formula is C55H36O. The molecule has 0 fully saturated rings. The zero-order valence-corrected chi connectivity index (χ0v) is 31.2. The Kier molecular flexibility index (Phi) is 6.46. The second kappa shape index (κ2) is 11.5. The third kappa shape index (κ3) is 4.37. The Morgan fingerprint density at radius 3 is 1.59 bits per heavy atom. The average Bonchev–Trinajstić information content (AvgIpc) is 3.74. The van der Waals surface area contributed by atoms with Gasteiger partial charge in [-0.3, -0.25) is 0 Å². The molecule has 0 bridgehead atoms. The van der Waals surface area contributed by atoms with Gasteiger partial charge in [0, 0.05) is 21.6 Å². The summed E-state index contributed by atoms with van der Waals surface area (Å²) in [6, 6.07) is 67.1. The van der Waals surface area contributed by atoms with E-state index in [2.05, 4.69) is 196 Å². The van der Waals surface area contributed by atoms with E-state index in [9.17, 15) is 0 Å². The van der Waals surface area contributed by atoms with Crippen LogP contribution < -0.4 is 0 Å². The zero-order valence-electron chi connectivity index (χ0n) is 31.2. The van der Waals surface area contributed by atoms with E-state index in [1.54, 1.807) is 0 Å². The van der Waals surface area contributed by atoms with E-state index in [1.165, 1.54) is 104 Å². The first-order chi connectivity index (χ1) is 27.5. The van der Waals surface area contributed by atoms with Gasteiger partial charge in [-0.25, -0.2) is 0 Å². The zero-order chi connectivity index (χ0) is 37.1. The Balaban J connectivity index is 1.06. The molecule has 0 radical (unpaired) electrons. The molecule has 1 heteroatoms. The van der Waals surface area contributed by atoms with E-state index in [0.717, 1.165) is 16.6 Å². The molecule has 11 aromatic rings. The summed E-state index contributed by atoms with van der Waals surface area (Å²) >= 11 is 0. The molecule has 1 aliphatic carbocycles. The smallest absolute Gasteiger partial charge is 0.143 e. The third-order valence-corrected chi connectivity index (χ3v) is 12.6. The van der Waals surface area contributed by atoms with Crippen LogP contribution in [0.4, 0.5) is 0 Å². The molecule has 12 rings (SSSR count). The summed E-state index contributed by atoms with van der Waals surface area (Å²) in [4.78, 5) is 0. The number of para-hydroxylation sites is 1. The van der Waals surface area contributed by atoms with Crippen molar-refractivity contribution in [2.45, 2.75) is 19.3 Å². The lowest BCUT2D eigenvalue weighted by Gasteiger charge is -2.23. The average molecular weight is 713 g/mol. The van der Waals surface area contributed by atoms with Crippen molar-refractivity contribution in [1.82, 2.24) is 0 Å². The first-order valence-corrected chi connectivity index (χ1v) is 19.6. The predicted molar refractivity (Wildman–Crippen MR) is 238 cm³/mol. The minimum Gasteiger partial charge on any atom is -0.455 e. The van der Waals surface area contributed by atoms with Crippen LogP contribution >= 0.6 is 0 Å². The first kappa shape index (κ1) is 31.4. The van der Waals surface area contributed by atoms with E-state index in [-0.39, 0.29) is 5.41 Å². The van der Waals surface area contributed by atoms with Crippen molar-refractivity contribution in [2.24, 2.45) is 0 Å². The van der Waals surface area contributed by atoms with Crippen molar-refractivity contribution < 1.29 is 4.42 Å². The molecule has 1 heterocycles. The van der Waals surface area contributed by atoms with E-state index < -0.39 is 0 Å². The number of fused-ring (bicyclic) bond motifs is 12. The largest absolute Gasteiger partial charge is 0.455 e. The highest BCUT2D eigenvalue weighted by atomic mass is 16.3. The van der Waals surface area contributed by atoms with Crippen LogP contribution in [0.25, 0.3) is 110 Å². The van der Waals surface area contributed by atoms with Crippen LogP contribution in [-0.4, -0.2) is 0 Å². The maximum atomic E-state index is 6.66. The molecule has 0 unspecified atom stereocenters. The van der Waals surface area contributed by atoms with Crippen molar-refractivity contribution >= 4 is 65.0 Å². The van der Waals surface area contributed by atoms with E-state index in [4.69, 9.17) is 4.42 Å². The molecule has 0 saturated heterocycles. The van der Waals surface area contributed by atoms with Crippen LogP contribution in [0.3, 0.4) is 0 Å². The number of hydrogen-bond acceptors (Lipinski definition) is 1. The molecule has 262 valence electrons. The minimum atomic E-state index is -0.194. The Labute approximate surface area is 325 Å². The van der Waals surface area contributed by atoms with E-state index in [0.29, 0.717) is 0 Å². The Morgan fingerprint density at radius 2 is 0.893 bits per heavy atom. The molecule has 1 aliphatic rings. The van der Waals surface area contributed by atoms with Crippen molar-refractivity contribution in [2.75, 3.05) is 0 Å². The molecule has 10 aromatic carbocycles.